The lowest BCUT2D eigenvalue weighted by atomic mass is 10.1. The number of quaternary nitrogens is 1. The number of carbonyl (C=O) groups is 3. The second kappa shape index (κ2) is 40.5. The van der Waals surface area contributed by atoms with E-state index in [4.69, 9.17) is 14.2 Å². The molecule has 0 radical (unpaired) electrons. The normalized spacial score (nSPS) is 13.6. The van der Waals surface area contributed by atoms with Gasteiger partial charge in [-0.15, -0.1) is 0 Å². The molecule has 8 heteroatoms. The molecule has 332 valence electrons. The van der Waals surface area contributed by atoms with E-state index in [-0.39, 0.29) is 36.2 Å². The molecule has 8 nitrogen and oxygen atoms in total. The van der Waals surface area contributed by atoms with E-state index in [1.54, 1.807) is 0 Å². The zero-order valence-electron chi connectivity index (χ0n) is 37.7. The van der Waals surface area contributed by atoms with E-state index in [2.05, 4.69) is 86.8 Å². The minimum atomic E-state index is -0.881. The highest BCUT2D eigenvalue weighted by atomic mass is 16.6. The van der Waals surface area contributed by atoms with Crippen LogP contribution in [0.15, 0.2) is 72.9 Å². The highest BCUT2D eigenvalue weighted by Crippen LogP contribution is 2.14. The predicted molar refractivity (Wildman–Crippen MR) is 243 cm³/mol. The maximum atomic E-state index is 12.7. The molecule has 0 aliphatic carbocycles. The van der Waals surface area contributed by atoms with Gasteiger partial charge in [0.15, 0.2) is 12.1 Å². The Kier molecular flexibility index (Phi) is 38.3. The van der Waals surface area contributed by atoms with Gasteiger partial charge in [-0.25, -0.2) is 4.79 Å². The zero-order chi connectivity index (χ0) is 42.8. The average molecular weight is 813 g/mol. The van der Waals surface area contributed by atoms with E-state index in [0.29, 0.717) is 19.3 Å². The molecule has 0 fully saturated rings. The number of esters is 2. The molecule has 0 bridgehead atoms. The van der Waals surface area contributed by atoms with Crippen LogP contribution in [-0.2, 0) is 28.6 Å². The lowest BCUT2D eigenvalue weighted by Crippen LogP contribution is -2.50. The molecule has 0 heterocycles. The molecule has 0 amide bonds. The SMILES string of the molecule is CC/C=C/C/C=C/C/C=C/C/C=C/C/C=C/C/C=C/CCCCCCC(=O)OCC(COCCC(C(=O)O)[N+](C)(C)C)OC(=O)CCCCCCCCCCCCC. The summed E-state index contributed by atoms with van der Waals surface area (Å²) in [4.78, 5) is 37.0. The summed E-state index contributed by atoms with van der Waals surface area (Å²) in [6.45, 7) is 4.58. The highest BCUT2D eigenvalue weighted by molar-refractivity contribution is 5.72. The second-order valence-corrected chi connectivity index (χ2v) is 16.3. The predicted octanol–water partition coefficient (Wildman–Crippen LogP) is 12.7. The first-order valence-electron chi connectivity index (χ1n) is 23.0. The van der Waals surface area contributed by atoms with Crippen molar-refractivity contribution in [2.24, 2.45) is 0 Å². The zero-order valence-corrected chi connectivity index (χ0v) is 37.7. The summed E-state index contributed by atoms with van der Waals surface area (Å²) < 4.78 is 17.2. The van der Waals surface area contributed by atoms with Crippen molar-refractivity contribution in [3.05, 3.63) is 72.9 Å². The molecule has 0 aromatic rings. The van der Waals surface area contributed by atoms with Crippen molar-refractivity contribution < 1.29 is 38.2 Å². The third-order valence-corrected chi connectivity index (χ3v) is 9.87. The van der Waals surface area contributed by atoms with E-state index < -0.39 is 18.1 Å². The lowest BCUT2D eigenvalue weighted by molar-refractivity contribution is -0.887. The average Bonchev–Trinajstić information content (AvgIpc) is 3.18. The standard InChI is InChI=1S/C50H85NO7/c1-6-8-10-12-14-16-18-19-20-21-22-23-24-25-26-27-28-29-31-32-34-36-38-40-48(52)57-45-46(44-56-43-42-47(50(54)55)51(3,4)5)58-49(53)41-39-37-35-33-30-17-15-13-11-9-7-2/h8,10,14,16,19-20,22-23,25-26,28-29,46-47H,6-7,9,11-13,15,17-18,21,24,27,30-45H2,1-5H3/p+1/b10-8+,16-14+,20-19+,23-22+,26-25+,29-28+. The summed E-state index contributed by atoms with van der Waals surface area (Å²) in [5.41, 5.74) is 0. The van der Waals surface area contributed by atoms with Crippen molar-refractivity contribution >= 4 is 17.9 Å². The molecule has 0 aromatic heterocycles. The van der Waals surface area contributed by atoms with Crippen LogP contribution in [-0.4, -0.2) is 80.6 Å². The summed E-state index contributed by atoms with van der Waals surface area (Å²) in [6, 6.07) is -0.620. The highest BCUT2D eigenvalue weighted by Gasteiger charge is 2.31. The van der Waals surface area contributed by atoms with Gasteiger partial charge in [0.1, 0.15) is 6.61 Å². The van der Waals surface area contributed by atoms with E-state index in [9.17, 15) is 19.5 Å². The fourth-order valence-electron chi connectivity index (χ4n) is 6.33. The van der Waals surface area contributed by atoms with E-state index in [1.807, 2.05) is 21.1 Å². The van der Waals surface area contributed by atoms with Gasteiger partial charge < -0.3 is 23.8 Å². The number of hydrogen-bond donors (Lipinski definition) is 1. The minimum Gasteiger partial charge on any atom is -0.477 e. The molecule has 1 N–H and O–H groups in total. The van der Waals surface area contributed by atoms with Crippen LogP contribution >= 0.6 is 0 Å². The topological polar surface area (TPSA) is 99.1 Å². The Hall–Kier alpha value is -3.23. The monoisotopic (exact) mass is 813 g/mol. The number of nitrogens with zero attached hydrogens (tertiary/aromatic N) is 1. The molecular formula is C50H86NO7+. The van der Waals surface area contributed by atoms with Gasteiger partial charge in [-0.05, 0) is 64.2 Å². The molecule has 0 aromatic carbocycles. The van der Waals surface area contributed by atoms with Gasteiger partial charge in [0, 0.05) is 19.3 Å². The van der Waals surface area contributed by atoms with Crippen molar-refractivity contribution in [1.82, 2.24) is 0 Å². The quantitative estimate of drug-likeness (QED) is 0.0285. The number of unbranched alkanes of at least 4 members (excludes halogenated alkanes) is 14. The molecule has 0 aliphatic rings. The third-order valence-electron chi connectivity index (χ3n) is 9.87. The Morgan fingerprint density at radius 2 is 0.966 bits per heavy atom. The number of aliphatic carboxylic acids is 1. The second-order valence-electron chi connectivity index (χ2n) is 16.3. The van der Waals surface area contributed by atoms with Crippen molar-refractivity contribution in [1.29, 1.82) is 0 Å². The van der Waals surface area contributed by atoms with Crippen molar-refractivity contribution in [2.75, 3.05) is 41.0 Å². The number of rotatable bonds is 40. The van der Waals surface area contributed by atoms with Crippen LogP contribution in [0.1, 0.15) is 174 Å². The lowest BCUT2D eigenvalue weighted by Gasteiger charge is -2.31. The van der Waals surface area contributed by atoms with Crippen LogP contribution in [0.5, 0.6) is 0 Å². The number of carboxylic acid groups (broad SMARTS) is 1. The van der Waals surface area contributed by atoms with Gasteiger partial charge >= 0.3 is 17.9 Å². The first-order chi connectivity index (χ1) is 28.1. The van der Waals surface area contributed by atoms with Crippen molar-refractivity contribution in [2.45, 2.75) is 187 Å². The van der Waals surface area contributed by atoms with E-state index in [1.165, 1.54) is 51.4 Å². The molecular weight excluding hydrogens is 727 g/mol. The fraction of sp³-hybridized carbons (Fsp3) is 0.700. The van der Waals surface area contributed by atoms with Crippen LogP contribution < -0.4 is 0 Å². The number of ether oxygens (including phenoxy) is 3. The van der Waals surface area contributed by atoms with Gasteiger partial charge in [-0.3, -0.25) is 9.59 Å². The Bertz CT molecular complexity index is 1180. The van der Waals surface area contributed by atoms with Crippen LogP contribution in [0, 0.1) is 0 Å². The fourth-order valence-corrected chi connectivity index (χ4v) is 6.33. The Morgan fingerprint density at radius 1 is 0.534 bits per heavy atom. The first kappa shape index (κ1) is 54.8. The number of carbonyl (C=O) groups excluding carboxylic acids is 2. The maximum absolute atomic E-state index is 12.7. The smallest absolute Gasteiger partial charge is 0.362 e. The van der Waals surface area contributed by atoms with E-state index >= 15 is 0 Å². The van der Waals surface area contributed by atoms with Crippen LogP contribution in [0.25, 0.3) is 0 Å². The summed E-state index contributed by atoms with van der Waals surface area (Å²) in [5.74, 6) is -1.50. The molecule has 0 saturated carbocycles. The van der Waals surface area contributed by atoms with E-state index in [0.717, 1.165) is 89.9 Å². The molecule has 2 atom stereocenters. The summed E-state index contributed by atoms with van der Waals surface area (Å²) in [6.07, 6.45) is 50.9. The van der Waals surface area contributed by atoms with Gasteiger partial charge in [-0.1, -0.05) is 164 Å². The summed E-state index contributed by atoms with van der Waals surface area (Å²) in [5, 5.41) is 9.62. The van der Waals surface area contributed by atoms with Gasteiger partial charge in [0.05, 0.1) is 34.4 Å². The number of hydrogen-bond acceptors (Lipinski definition) is 6. The van der Waals surface area contributed by atoms with Crippen LogP contribution in [0.4, 0.5) is 0 Å². The number of carboxylic acids is 1. The number of allylic oxidation sites excluding steroid dienone is 12. The Balaban J connectivity index is 4.32. The molecule has 0 rings (SSSR count). The minimum absolute atomic E-state index is 0.0509. The molecule has 0 aliphatic heterocycles. The first-order valence-corrected chi connectivity index (χ1v) is 23.0. The Morgan fingerprint density at radius 3 is 1.43 bits per heavy atom. The van der Waals surface area contributed by atoms with Gasteiger partial charge in [-0.2, -0.15) is 0 Å². The Labute approximate surface area is 355 Å². The largest absolute Gasteiger partial charge is 0.477 e. The molecule has 58 heavy (non-hydrogen) atoms. The number of likely N-dealkylation sites (N-methyl/N-ethyl adjacent to an activating group) is 1. The van der Waals surface area contributed by atoms with Crippen molar-refractivity contribution in [3.63, 3.8) is 0 Å². The third kappa shape index (κ3) is 38.3. The van der Waals surface area contributed by atoms with Crippen LogP contribution in [0.2, 0.25) is 0 Å². The molecule has 0 spiro atoms. The van der Waals surface area contributed by atoms with Crippen molar-refractivity contribution in [3.8, 4) is 0 Å². The molecule has 2 unspecified atom stereocenters. The summed E-state index contributed by atoms with van der Waals surface area (Å²) >= 11 is 0. The summed E-state index contributed by atoms with van der Waals surface area (Å²) in [7, 11) is 5.51. The molecule has 0 saturated heterocycles. The maximum Gasteiger partial charge on any atom is 0.362 e. The van der Waals surface area contributed by atoms with Gasteiger partial charge in [0.2, 0.25) is 0 Å². The van der Waals surface area contributed by atoms with Gasteiger partial charge in [0.25, 0.3) is 0 Å². The van der Waals surface area contributed by atoms with Crippen LogP contribution in [0.3, 0.4) is 0 Å².